The van der Waals surface area contributed by atoms with Crippen LogP contribution >= 0.6 is 0 Å². The lowest BCUT2D eigenvalue weighted by atomic mass is 10.1. The van der Waals surface area contributed by atoms with E-state index in [9.17, 15) is 5.11 Å². The van der Waals surface area contributed by atoms with E-state index < -0.39 is 6.10 Å². The molecule has 0 amide bonds. The Morgan fingerprint density at radius 2 is 2.21 bits per heavy atom. The molecule has 2 N–H and O–H groups in total. The van der Waals surface area contributed by atoms with Crippen molar-refractivity contribution in [3.8, 4) is 0 Å². The van der Waals surface area contributed by atoms with E-state index in [1.54, 1.807) is 24.6 Å². The van der Waals surface area contributed by atoms with E-state index in [4.69, 9.17) is 4.42 Å². The molecule has 0 aromatic carbocycles. The number of rotatable bonds is 6. The summed E-state index contributed by atoms with van der Waals surface area (Å²) in [5, 5.41) is 13.4. The minimum absolute atomic E-state index is 0.194. The molecule has 4 nitrogen and oxygen atoms in total. The molecular weight excluding hydrogens is 240 g/mol. The molecule has 19 heavy (non-hydrogen) atoms. The average molecular weight is 260 g/mol. The smallest absolute Gasteiger partial charge is 0.132 e. The fourth-order valence-corrected chi connectivity index (χ4v) is 2.00. The molecule has 0 aliphatic rings. The van der Waals surface area contributed by atoms with Crippen LogP contribution in [0.5, 0.6) is 0 Å². The van der Waals surface area contributed by atoms with Crippen LogP contribution in [0.1, 0.15) is 36.5 Å². The number of hydrogen-bond acceptors (Lipinski definition) is 4. The highest BCUT2D eigenvalue weighted by Gasteiger charge is 2.14. The molecule has 4 heteroatoms. The van der Waals surface area contributed by atoms with E-state index in [1.165, 1.54) is 5.56 Å². The van der Waals surface area contributed by atoms with E-state index in [0.717, 1.165) is 12.2 Å². The number of furan rings is 1. The van der Waals surface area contributed by atoms with Crippen LogP contribution in [-0.4, -0.2) is 16.1 Å². The monoisotopic (exact) mass is 260 g/mol. The molecule has 0 fully saturated rings. The molecule has 102 valence electrons. The molecule has 2 atom stereocenters. The highest BCUT2D eigenvalue weighted by molar-refractivity contribution is 5.17. The fraction of sp³-hybridized carbons (Fsp3) is 0.400. The van der Waals surface area contributed by atoms with E-state index in [2.05, 4.69) is 23.3 Å². The number of hydrogen-bond donors (Lipinski definition) is 2. The summed E-state index contributed by atoms with van der Waals surface area (Å²) in [5.41, 5.74) is 2.22. The van der Waals surface area contributed by atoms with Gasteiger partial charge in [0.05, 0.1) is 6.26 Å². The molecule has 0 spiro atoms. The van der Waals surface area contributed by atoms with Crippen molar-refractivity contribution in [2.24, 2.45) is 0 Å². The van der Waals surface area contributed by atoms with Gasteiger partial charge in [-0.15, -0.1) is 0 Å². The second kappa shape index (κ2) is 6.50. The highest BCUT2D eigenvalue weighted by atomic mass is 16.4. The Morgan fingerprint density at radius 3 is 2.89 bits per heavy atom. The summed E-state index contributed by atoms with van der Waals surface area (Å²) < 4.78 is 5.19. The summed E-state index contributed by atoms with van der Waals surface area (Å²) in [6.07, 6.45) is 3.43. The van der Waals surface area contributed by atoms with Crippen molar-refractivity contribution >= 4 is 0 Å². The van der Waals surface area contributed by atoms with Gasteiger partial charge >= 0.3 is 0 Å². The summed E-state index contributed by atoms with van der Waals surface area (Å²) in [4.78, 5) is 4.25. The Bertz CT molecular complexity index is 497. The van der Waals surface area contributed by atoms with E-state index in [0.29, 0.717) is 12.2 Å². The zero-order chi connectivity index (χ0) is 13.7. The zero-order valence-electron chi connectivity index (χ0n) is 11.3. The van der Waals surface area contributed by atoms with Crippen LogP contribution in [0.2, 0.25) is 0 Å². The molecule has 0 radical (unpaired) electrons. The second-order valence-corrected chi connectivity index (χ2v) is 4.80. The summed E-state index contributed by atoms with van der Waals surface area (Å²) in [6.45, 7) is 4.81. The van der Waals surface area contributed by atoms with Crippen LogP contribution < -0.4 is 5.32 Å². The van der Waals surface area contributed by atoms with Gasteiger partial charge in [-0.1, -0.05) is 6.07 Å². The van der Waals surface area contributed by atoms with Crippen molar-refractivity contribution < 1.29 is 9.52 Å². The Hall–Kier alpha value is -1.65. The number of nitrogens with one attached hydrogen (secondary N) is 1. The maximum absolute atomic E-state index is 9.99. The predicted molar refractivity (Wildman–Crippen MR) is 73.6 cm³/mol. The van der Waals surface area contributed by atoms with Gasteiger partial charge in [-0.05, 0) is 44.0 Å². The van der Waals surface area contributed by atoms with Crippen molar-refractivity contribution in [1.82, 2.24) is 10.3 Å². The van der Waals surface area contributed by atoms with Gasteiger partial charge in [0.25, 0.3) is 0 Å². The van der Waals surface area contributed by atoms with Gasteiger partial charge in [0.15, 0.2) is 0 Å². The number of aromatic nitrogens is 1. The largest absolute Gasteiger partial charge is 0.467 e. The first-order chi connectivity index (χ1) is 9.16. The third-order valence-electron chi connectivity index (χ3n) is 3.21. The molecule has 0 aliphatic carbocycles. The minimum Gasteiger partial charge on any atom is -0.467 e. The normalized spacial score (nSPS) is 14.3. The number of nitrogens with zero attached hydrogens (tertiary/aromatic N) is 1. The van der Waals surface area contributed by atoms with Crippen molar-refractivity contribution in [2.75, 3.05) is 0 Å². The third-order valence-corrected chi connectivity index (χ3v) is 3.21. The van der Waals surface area contributed by atoms with Crippen molar-refractivity contribution in [2.45, 2.75) is 39.0 Å². The van der Waals surface area contributed by atoms with Gasteiger partial charge in [-0.2, -0.15) is 0 Å². The van der Waals surface area contributed by atoms with Crippen molar-refractivity contribution in [3.05, 3.63) is 53.7 Å². The van der Waals surface area contributed by atoms with E-state index >= 15 is 0 Å². The Kier molecular flexibility index (Phi) is 4.71. The quantitative estimate of drug-likeness (QED) is 0.838. The van der Waals surface area contributed by atoms with Crippen LogP contribution in [0.4, 0.5) is 0 Å². The fourth-order valence-electron chi connectivity index (χ4n) is 2.00. The Labute approximate surface area is 113 Å². The second-order valence-electron chi connectivity index (χ2n) is 4.80. The van der Waals surface area contributed by atoms with Crippen LogP contribution in [0, 0.1) is 6.92 Å². The maximum atomic E-state index is 9.99. The van der Waals surface area contributed by atoms with E-state index in [1.807, 2.05) is 13.0 Å². The molecule has 2 rings (SSSR count). The van der Waals surface area contributed by atoms with Crippen molar-refractivity contribution in [1.29, 1.82) is 0 Å². The lowest BCUT2D eigenvalue weighted by Crippen LogP contribution is -2.27. The van der Waals surface area contributed by atoms with Crippen LogP contribution in [-0.2, 0) is 6.54 Å². The summed E-state index contributed by atoms with van der Waals surface area (Å²) in [7, 11) is 0. The van der Waals surface area contributed by atoms with Gasteiger partial charge in [0.1, 0.15) is 11.9 Å². The lowest BCUT2D eigenvalue weighted by molar-refractivity contribution is 0.128. The van der Waals surface area contributed by atoms with E-state index in [-0.39, 0.29) is 6.04 Å². The van der Waals surface area contributed by atoms with Gasteiger partial charge in [-0.3, -0.25) is 4.98 Å². The third kappa shape index (κ3) is 3.91. The first-order valence-corrected chi connectivity index (χ1v) is 6.52. The van der Waals surface area contributed by atoms with Crippen LogP contribution in [0.25, 0.3) is 0 Å². The Balaban J connectivity index is 1.82. The molecule has 0 aliphatic heterocycles. The van der Waals surface area contributed by atoms with Gasteiger partial charge in [-0.25, -0.2) is 0 Å². The van der Waals surface area contributed by atoms with Crippen LogP contribution in [0.3, 0.4) is 0 Å². The van der Waals surface area contributed by atoms with Gasteiger partial charge in [0, 0.05) is 24.5 Å². The summed E-state index contributed by atoms with van der Waals surface area (Å²) in [5.74, 6) is 0.617. The summed E-state index contributed by atoms with van der Waals surface area (Å²) >= 11 is 0. The highest BCUT2D eigenvalue weighted by Crippen LogP contribution is 2.18. The lowest BCUT2D eigenvalue weighted by Gasteiger charge is -2.17. The Morgan fingerprint density at radius 1 is 1.37 bits per heavy atom. The molecule has 2 aromatic rings. The SMILES string of the molecule is Cc1ncccc1CN[C@H](C)C[C@H](O)c1ccco1. The summed E-state index contributed by atoms with van der Waals surface area (Å²) in [6, 6.07) is 7.77. The first-order valence-electron chi connectivity index (χ1n) is 6.52. The number of aliphatic hydroxyl groups excluding tert-OH is 1. The molecule has 2 aromatic heterocycles. The number of aryl methyl sites for hydroxylation is 1. The number of pyridine rings is 1. The van der Waals surface area contributed by atoms with Crippen LogP contribution in [0.15, 0.2) is 41.1 Å². The average Bonchev–Trinajstić information content (AvgIpc) is 2.91. The zero-order valence-corrected chi connectivity index (χ0v) is 11.3. The van der Waals surface area contributed by atoms with Gasteiger partial charge in [0.2, 0.25) is 0 Å². The van der Waals surface area contributed by atoms with Crippen molar-refractivity contribution in [3.63, 3.8) is 0 Å². The maximum Gasteiger partial charge on any atom is 0.132 e. The molecule has 0 bridgehead atoms. The topological polar surface area (TPSA) is 58.3 Å². The number of aliphatic hydroxyl groups is 1. The molecule has 0 saturated heterocycles. The predicted octanol–water partition coefficient (Wildman–Crippen LogP) is 2.58. The standard InChI is InChI=1S/C15H20N2O2/c1-11(9-14(18)15-6-4-8-19-15)17-10-13-5-3-7-16-12(13)2/h3-8,11,14,17-18H,9-10H2,1-2H3/t11-,14+/m1/s1. The van der Waals surface area contributed by atoms with Gasteiger partial charge < -0.3 is 14.8 Å². The molecule has 0 unspecified atom stereocenters. The minimum atomic E-state index is -0.563. The first kappa shape index (κ1) is 13.8. The molecular formula is C15H20N2O2. The molecule has 2 heterocycles. The molecule has 0 saturated carbocycles.